The number of rotatable bonds is 15. The van der Waals surface area contributed by atoms with Crippen LogP contribution in [0.1, 0.15) is 124 Å². The first-order chi connectivity index (χ1) is 9.91. The Morgan fingerprint density at radius 3 is 0.714 bits per heavy atom. The van der Waals surface area contributed by atoms with Crippen LogP contribution in [0.5, 0.6) is 0 Å². The van der Waals surface area contributed by atoms with E-state index in [1.807, 2.05) is 0 Å². The molecule has 0 nitrogen and oxygen atoms in total. The third-order valence-corrected chi connectivity index (χ3v) is 3.96. The van der Waals surface area contributed by atoms with Crippen LogP contribution >= 0.6 is 11.1 Å². The van der Waals surface area contributed by atoms with E-state index >= 15 is 0 Å². The SMILES string of the molecule is C.CCCCCCCCCCCCCCCCCC.[SiH3]Cl. The topological polar surface area (TPSA) is 0 Å². The zero-order valence-electron chi connectivity index (χ0n) is 14.7. The number of hydrogen-bond donors (Lipinski definition) is 0. The molecule has 0 aliphatic rings. The Kier molecular flexibility index (Phi) is 36.0. The first kappa shape index (κ1) is 26.4. The van der Waals surface area contributed by atoms with Gasteiger partial charge in [0.15, 0.2) is 0 Å². The molecular formula is C19H45ClSi. The van der Waals surface area contributed by atoms with E-state index in [9.17, 15) is 0 Å². The fourth-order valence-electron chi connectivity index (χ4n) is 2.62. The van der Waals surface area contributed by atoms with E-state index in [4.69, 9.17) is 11.1 Å². The predicted octanol–water partition coefficient (Wildman–Crippen LogP) is 7.41. The van der Waals surface area contributed by atoms with Crippen molar-refractivity contribution in [3.05, 3.63) is 0 Å². The Bertz CT molecular complexity index is 124. The molecule has 2 heteroatoms. The molecule has 0 aromatic carbocycles. The van der Waals surface area contributed by atoms with Gasteiger partial charge in [0, 0.05) is 0 Å². The summed E-state index contributed by atoms with van der Waals surface area (Å²) in [6, 6.07) is 0. The highest BCUT2D eigenvalue weighted by Crippen LogP contribution is 2.13. The standard InChI is InChI=1S/C18H38.CH4.ClH3Si/c1-3-5-7-9-11-13-15-17-18-16-14-12-10-8-6-4-2;;1-2/h3-18H2,1-2H3;1H4;2H3. The maximum Gasteiger partial charge on any atom is 0.109 e. The minimum Gasteiger partial charge on any atom is -0.181 e. The summed E-state index contributed by atoms with van der Waals surface area (Å²) in [5.41, 5.74) is 0. The molecule has 0 aromatic rings. The first-order valence-corrected chi connectivity index (χ1v) is 12.3. The Morgan fingerprint density at radius 2 is 0.571 bits per heavy atom. The van der Waals surface area contributed by atoms with Crippen LogP contribution in [0.15, 0.2) is 0 Å². The lowest BCUT2D eigenvalue weighted by atomic mass is 10.0. The average Bonchev–Trinajstić information content (AvgIpc) is 2.50. The molecule has 0 saturated heterocycles. The highest BCUT2D eigenvalue weighted by atomic mass is 35.6. The molecule has 0 fully saturated rings. The predicted molar refractivity (Wildman–Crippen MR) is 108 cm³/mol. The van der Waals surface area contributed by atoms with Crippen molar-refractivity contribution >= 4 is 20.6 Å². The highest BCUT2D eigenvalue weighted by molar-refractivity contribution is 6.80. The van der Waals surface area contributed by atoms with E-state index in [0.29, 0.717) is 0 Å². The molecule has 0 aliphatic carbocycles. The summed E-state index contributed by atoms with van der Waals surface area (Å²) in [6.45, 7) is 4.59. The van der Waals surface area contributed by atoms with Crippen LogP contribution in [-0.4, -0.2) is 9.55 Å². The lowest BCUT2D eigenvalue weighted by Crippen LogP contribution is -1.83. The lowest BCUT2D eigenvalue weighted by molar-refractivity contribution is 0.531. The van der Waals surface area contributed by atoms with Gasteiger partial charge in [-0.2, -0.15) is 11.1 Å². The quantitative estimate of drug-likeness (QED) is 0.166. The molecule has 0 radical (unpaired) electrons. The zero-order valence-corrected chi connectivity index (χ0v) is 17.4. The van der Waals surface area contributed by atoms with Gasteiger partial charge in [-0.25, -0.2) is 0 Å². The number of unbranched alkanes of at least 4 members (excludes halogenated alkanes) is 15. The summed E-state index contributed by atoms with van der Waals surface area (Å²) in [5.74, 6) is 0. The normalized spacial score (nSPS) is 9.86. The van der Waals surface area contributed by atoms with Crippen molar-refractivity contribution < 1.29 is 0 Å². The molecule has 0 N–H and O–H groups in total. The van der Waals surface area contributed by atoms with Crippen molar-refractivity contribution in [3.63, 3.8) is 0 Å². The summed E-state index contributed by atoms with van der Waals surface area (Å²) >= 11 is 4.78. The van der Waals surface area contributed by atoms with Crippen molar-refractivity contribution in [1.29, 1.82) is 0 Å². The second-order valence-corrected chi connectivity index (χ2v) is 5.95. The van der Waals surface area contributed by atoms with Crippen LogP contribution in [0.4, 0.5) is 0 Å². The third-order valence-electron chi connectivity index (χ3n) is 3.96. The Balaban J connectivity index is -0.00000103. The molecule has 0 aromatic heterocycles. The molecule has 0 unspecified atom stereocenters. The largest absolute Gasteiger partial charge is 0.181 e. The second-order valence-electron chi connectivity index (χ2n) is 5.95. The zero-order chi connectivity index (χ0) is 15.3. The van der Waals surface area contributed by atoms with Crippen LogP contribution in [0.2, 0.25) is 0 Å². The minimum atomic E-state index is 0. The molecule has 0 aliphatic heterocycles. The van der Waals surface area contributed by atoms with E-state index in [-0.39, 0.29) is 7.43 Å². The van der Waals surface area contributed by atoms with E-state index in [0.717, 1.165) is 9.55 Å². The van der Waals surface area contributed by atoms with Gasteiger partial charge in [-0.05, 0) is 0 Å². The molecule has 0 rings (SSSR count). The van der Waals surface area contributed by atoms with Crippen LogP contribution < -0.4 is 0 Å². The van der Waals surface area contributed by atoms with E-state index in [1.165, 1.54) is 103 Å². The van der Waals surface area contributed by atoms with Crippen LogP contribution in [0, 0.1) is 0 Å². The summed E-state index contributed by atoms with van der Waals surface area (Å²) in [4.78, 5) is 0. The van der Waals surface area contributed by atoms with Crippen molar-refractivity contribution in [2.24, 2.45) is 0 Å². The Hall–Kier alpha value is 0.507. The maximum absolute atomic E-state index is 4.78. The van der Waals surface area contributed by atoms with E-state index < -0.39 is 0 Å². The average molecular weight is 337 g/mol. The van der Waals surface area contributed by atoms with Gasteiger partial charge in [-0.15, -0.1) is 0 Å². The van der Waals surface area contributed by atoms with E-state index in [1.54, 1.807) is 0 Å². The highest BCUT2D eigenvalue weighted by Gasteiger charge is 1.93. The van der Waals surface area contributed by atoms with E-state index in [2.05, 4.69) is 13.8 Å². The molecule has 0 heterocycles. The summed E-state index contributed by atoms with van der Waals surface area (Å²) in [5, 5.41) is 0. The van der Waals surface area contributed by atoms with Crippen LogP contribution in [-0.2, 0) is 0 Å². The Morgan fingerprint density at radius 1 is 0.429 bits per heavy atom. The second kappa shape index (κ2) is 28.6. The van der Waals surface area contributed by atoms with Gasteiger partial charge >= 0.3 is 0 Å². The maximum atomic E-state index is 4.78. The molecule has 0 bridgehead atoms. The van der Waals surface area contributed by atoms with Gasteiger partial charge in [0.1, 0.15) is 9.55 Å². The molecule has 0 saturated carbocycles. The van der Waals surface area contributed by atoms with Crippen molar-refractivity contribution in [1.82, 2.24) is 0 Å². The third kappa shape index (κ3) is 29.2. The van der Waals surface area contributed by atoms with Gasteiger partial charge in [0.25, 0.3) is 0 Å². The molecular weight excluding hydrogens is 292 g/mol. The van der Waals surface area contributed by atoms with Crippen LogP contribution in [0.25, 0.3) is 0 Å². The fourth-order valence-corrected chi connectivity index (χ4v) is 2.62. The molecule has 0 spiro atoms. The summed E-state index contributed by atoms with van der Waals surface area (Å²) in [7, 11) is 0.778. The van der Waals surface area contributed by atoms with Gasteiger partial charge in [0.2, 0.25) is 0 Å². The van der Waals surface area contributed by atoms with Gasteiger partial charge in [-0.1, -0.05) is 124 Å². The van der Waals surface area contributed by atoms with Gasteiger partial charge in [0.05, 0.1) is 0 Å². The van der Waals surface area contributed by atoms with Crippen molar-refractivity contribution in [2.45, 2.75) is 124 Å². The van der Waals surface area contributed by atoms with Crippen LogP contribution in [0.3, 0.4) is 0 Å². The Labute approximate surface area is 144 Å². The van der Waals surface area contributed by atoms with Gasteiger partial charge in [-0.3, -0.25) is 0 Å². The summed E-state index contributed by atoms with van der Waals surface area (Å²) < 4.78 is 0. The number of hydrogen-bond acceptors (Lipinski definition) is 0. The smallest absolute Gasteiger partial charge is 0.109 e. The number of halogens is 1. The van der Waals surface area contributed by atoms with Crippen molar-refractivity contribution in [2.75, 3.05) is 0 Å². The molecule has 21 heavy (non-hydrogen) atoms. The fraction of sp³-hybridized carbons (Fsp3) is 1.00. The summed E-state index contributed by atoms with van der Waals surface area (Å²) in [6.07, 6.45) is 23.4. The lowest BCUT2D eigenvalue weighted by Gasteiger charge is -2.03. The first-order valence-electron chi connectivity index (χ1n) is 9.29. The van der Waals surface area contributed by atoms with Gasteiger partial charge < -0.3 is 0 Å². The molecule has 132 valence electrons. The molecule has 0 amide bonds. The molecule has 0 atom stereocenters. The minimum absolute atomic E-state index is 0. The monoisotopic (exact) mass is 336 g/mol. The van der Waals surface area contributed by atoms with Crippen molar-refractivity contribution in [3.8, 4) is 0 Å².